The maximum absolute atomic E-state index is 12.9. The van der Waals surface area contributed by atoms with Gasteiger partial charge in [-0.15, -0.1) is 0 Å². The molecule has 3 N–H and O–H groups in total. The van der Waals surface area contributed by atoms with Crippen molar-refractivity contribution >= 4 is 17.4 Å². The molecule has 2 rings (SSSR count). The van der Waals surface area contributed by atoms with Crippen molar-refractivity contribution in [1.82, 2.24) is 15.0 Å². The molecule has 0 aromatic carbocycles. The lowest BCUT2D eigenvalue weighted by Crippen LogP contribution is -2.15. The topological polar surface area (TPSA) is 93.8 Å². The first-order chi connectivity index (χ1) is 8.16. The molecule has 2 aromatic heterocycles. The van der Waals surface area contributed by atoms with E-state index in [4.69, 9.17) is 5.73 Å². The number of nitrogens with one attached hydrogen (secondary N) is 1. The van der Waals surface area contributed by atoms with Crippen molar-refractivity contribution in [1.29, 1.82) is 0 Å². The summed E-state index contributed by atoms with van der Waals surface area (Å²) in [6, 6.07) is 1.02. The van der Waals surface area contributed by atoms with Crippen LogP contribution in [0.25, 0.3) is 0 Å². The molecule has 0 aliphatic carbocycles. The molecule has 6 nitrogen and oxygen atoms in total. The molecular formula is C10H8FN5O. The fourth-order valence-corrected chi connectivity index (χ4v) is 1.19. The van der Waals surface area contributed by atoms with Crippen LogP contribution in [0.1, 0.15) is 10.4 Å². The zero-order chi connectivity index (χ0) is 12.3. The molecule has 2 aromatic rings. The maximum Gasteiger partial charge on any atom is 0.259 e. The minimum Gasteiger partial charge on any atom is -0.383 e. The first-order valence-corrected chi connectivity index (χ1v) is 4.64. The molecule has 2 heterocycles. The average molecular weight is 233 g/mol. The minimum atomic E-state index is -0.631. The number of rotatable bonds is 2. The van der Waals surface area contributed by atoms with E-state index in [1.54, 1.807) is 0 Å². The van der Waals surface area contributed by atoms with Crippen molar-refractivity contribution in [2.45, 2.75) is 0 Å². The Bertz CT molecular complexity index is 546. The molecule has 0 aliphatic rings. The van der Waals surface area contributed by atoms with E-state index in [-0.39, 0.29) is 11.4 Å². The SMILES string of the molecule is Nc1ncc(F)cc1C(=O)Nc1cncnc1. The van der Waals surface area contributed by atoms with E-state index >= 15 is 0 Å². The van der Waals surface area contributed by atoms with Crippen LogP contribution in [0.15, 0.2) is 31.0 Å². The summed E-state index contributed by atoms with van der Waals surface area (Å²) in [5.41, 5.74) is 5.83. The van der Waals surface area contributed by atoms with E-state index in [9.17, 15) is 9.18 Å². The Morgan fingerprint density at radius 1 is 1.29 bits per heavy atom. The third-order valence-corrected chi connectivity index (χ3v) is 1.95. The van der Waals surface area contributed by atoms with Crippen LogP contribution in [0, 0.1) is 5.82 Å². The Labute approximate surface area is 95.7 Å². The Morgan fingerprint density at radius 3 is 2.71 bits per heavy atom. The molecule has 0 unspecified atom stereocenters. The van der Waals surface area contributed by atoms with Crippen LogP contribution in [0.5, 0.6) is 0 Å². The Morgan fingerprint density at radius 2 is 2.00 bits per heavy atom. The zero-order valence-corrected chi connectivity index (χ0v) is 8.59. The molecule has 7 heteroatoms. The monoisotopic (exact) mass is 233 g/mol. The van der Waals surface area contributed by atoms with Gasteiger partial charge >= 0.3 is 0 Å². The van der Waals surface area contributed by atoms with Gasteiger partial charge < -0.3 is 11.1 Å². The van der Waals surface area contributed by atoms with Crippen LogP contribution in [0.2, 0.25) is 0 Å². The number of aromatic nitrogens is 3. The lowest BCUT2D eigenvalue weighted by Gasteiger charge is -2.05. The second kappa shape index (κ2) is 4.52. The van der Waals surface area contributed by atoms with E-state index in [2.05, 4.69) is 20.3 Å². The number of nitrogens with two attached hydrogens (primary N) is 1. The summed E-state index contributed by atoms with van der Waals surface area (Å²) >= 11 is 0. The summed E-state index contributed by atoms with van der Waals surface area (Å²) in [5.74, 6) is -1.24. The van der Waals surface area contributed by atoms with Gasteiger partial charge in [0.1, 0.15) is 18.0 Å². The predicted molar refractivity (Wildman–Crippen MR) is 58.6 cm³/mol. The number of amides is 1. The molecule has 17 heavy (non-hydrogen) atoms. The molecule has 0 spiro atoms. The van der Waals surface area contributed by atoms with Gasteiger partial charge in [-0.25, -0.2) is 19.3 Å². The summed E-state index contributed by atoms with van der Waals surface area (Å²) in [7, 11) is 0. The van der Waals surface area contributed by atoms with Crippen molar-refractivity contribution in [2.75, 3.05) is 11.1 Å². The lowest BCUT2D eigenvalue weighted by molar-refractivity contribution is 0.102. The first-order valence-electron chi connectivity index (χ1n) is 4.64. The molecule has 0 radical (unpaired) electrons. The van der Waals surface area contributed by atoms with Crippen LogP contribution >= 0.6 is 0 Å². The van der Waals surface area contributed by atoms with Crippen LogP contribution in [-0.4, -0.2) is 20.9 Å². The summed E-state index contributed by atoms with van der Waals surface area (Å²) < 4.78 is 12.9. The lowest BCUT2D eigenvalue weighted by atomic mass is 10.2. The molecule has 0 atom stereocenters. The predicted octanol–water partition coefficient (Wildman–Crippen LogP) is 0.845. The van der Waals surface area contributed by atoms with Crippen molar-refractivity contribution < 1.29 is 9.18 Å². The number of hydrogen-bond donors (Lipinski definition) is 2. The summed E-state index contributed by atoms with van der Waals surface area (Å²) in [4.78, 5) is 22.7. The number of carbonyl (C=O) groups is 1. The largest absolute Gasteiger partial charge is 0.383 e. The van der Waals surface area contributed by atoms with E-state index in [0.29, 0.717) is 5.69 Å². The van der Waals surface area contributed by atoms with Gasteiger partial charge in [-0.2, -0.15) is 0 Å². The highest BCUT2D eigenvalue weighted by atomic mass is 19.1. The number of hydrogen-bond acceptors (Lipinski definition) is 5. The molecule has 86 valence electrons. The molecule has 0 aliphatic heterocycles. The normalized spacial score (nSPS) is 9.94. The third-order valence-electron chi connectivity index (χ3n) is 1.95. The van der Waals surface area contributed by atoms with Gasteiger partial charge in [-0.3, -0.25) is 4.79 Å². The second-order valence-electron chi connectivity index (χ2n) is 3.17. The Hall–Kier alpha value is -2.57. The van der Waals surface area contributed by atoms with Gasteiger partial charge in [0.05, 0.1) is 29.8 Å². The van der Waals surface area contributed by atoms with Gasteiger partial charge in [0.2, 0.25) is 0 Å². The van der Waals surface area contributed by atoms with Crippen LogP contribution in [-0.2, 0) is 0 Å². The highest BCUT2D eigenvalue weighted by Gasteiger charge is 2.12. The quantitative estimate of drug-likeness (QED) is 0.801. The van der Waals surface area contributed by atoms with E-state index in [1.807, 2.05) is 0 Å². The molecular weight excluding hydrogens is 225 g/mol. The highest BCUT2D eigenvalue weighted by molar-refractivity contribution is 6.06. The maximum atomic E-state index is 12.9. The fraction of sp³-hybridized carbons (Fsp3) is 0. The van der Waals surface area contributed by atoms with Gasteiger partial charge in [0.25, 0.3) is 5.91 Å². The molecule has 0 bridgehead atoms. The molecule has 1 amide bonds. The van der Waals surface area contributed by atoms with Gasteiger partial charge in [-0.1, -0.05) is 0 Å². The summed E-state index contributed by atoms with van der Waals surface area (Å²) in [5, 5.41) is 2.48. The fourth-order valence-electron chi connectivity index (χ4n) is 1.19. The van der Waals surface area contributed by atoms with Gasteiger partial charge in [0, 0.05) is 0 Å². The number of pyridine rings is 1. The molecule has 0 saturated carbocycles. The number of nitrogens with zero attached hydrogens (tertiary/aromatic N) is 3. The second-order valence-corrected chi connectivity index (χ2v) is 3.17. The number of halogens is 1. The standard InChI is InChI=1S/C10H8FN5O/c11-6-1-8(9(12)15-2-6)10(17)16-7-3-13-5-14-4-7/h1-5H,(H2,12,15)(H,16,17). The number of carbonyl (C=O) groups excluding carboxylic acids is 1. The van der Waals surface area contributed by atoms with Crippen LogP contribution in [0.4, 0.5) is 15.9 Å². The van der Waals surface area contributed by atoms with Crippen molar-refractivity contribution in [2.24, 2.45) is 0 Å². The smallest absolute Gasteiger partial charge is 0.259 e. The summed E-state index contributed by atoms with van der Waals surface area (Å²) in [6.07, 6.45) is 5.09. The minimum absolute atomic E-state index is 0.0335. The average Bonchev–Trinajstić information content (AvgIpc) is 2.33. The molecule has 0 saturated heterocycles. The van der Waals surface area contributed by atoms with Crippen molar-refractivity contribution in [3.63, 3.8) is 0 Å². The van der Waals surface area contributed by atoms with Gasteiger partial charge in [0.15, 0.2) is 0 Å². The first kappa shape index (κ1) is 10.9. The van der Waals surface area contributed by atoms with Crippen molar-refractivity contribution in [3.8, 4) is 0 Å². The number of anilines is 2. The third kappa shape index (κ3) is 2.51. The van der Waals surface area contributed by atoms with E-state index < -0.39 is 11.7 Å². The highest BCUT2D eigenvalue weighted by Crippen LogP contribution is 2.12. The van der Waals surface area contributed by atoms with Crippen molar-refractivity contribution in [3.05, 3.63) is 42.4 Å². The van der Waals surface area contributed by atoms with E-state index in [0.717, 1.165) is 12.3 Å². The Balaban J connectivity index is 2.23. The number of nitrogen functional groups attached to an aromatic ring is 1. The van der Waals surface area contributed by atoms with E-state index in [1.165, 1.54) is 18.7 Å². The summed E-state index contributed by atoms with van der Waals surface area (Å²) in [6.45, 7) is 0. The zero-order valence-electron chi connectivity index (χ0n) is 8.59. The van der Waals surface area contributed by atoms with Crippen LogP contribution in [0.3, 0.4) is 0 Å². The van der Waals surface area contributed by atoms with Crippen LogP contribution < -0.4 is 11.1 Å². The van der Waals surface area contributed by atoms with Gasteiger partial charge in [-0.05, 0) is 6.07 Å². The molecule has 0 fully saturated rings. The Kier molecular flexibility index (Phi) is 2.91.